The second-order valence-corrected chi connectivity index (χ2v) is 10.8. The Balaban J connectivity index is 1.51. The van der Waals surface area contributed by atoms with E-state index in [4.69, 9.17) is 0 Å². The summed E-state index contributed by atoms with van der Waals surface area (Å²) in [5.74, 6) is 0.248. The van der Waals surface area contributed by atoms with Crippen LogP contribution in [0.25, 0.3) is 11.0 Å². The van der Waals surface area contributed by atoms with Crippen molar-refractivity contribution in [2.24, 2.45) is 7.05 Å². The fourth-order valence-corrected chi connectivity index (χ4v) is 5.53. The van der Waals surface area contributed by atoms with Crippen LogP contribution in [0, 0.1) is 0 Å². The van der Waals surface area contributed by atoms with Gasteiger partial charge < -0.3 is 0 Å². The van der Waals surface area contributed by atoms with Crippen LogP contribution >= 0.6 is 0 Å². The second-order valence-electron chi connectivity index (χ2n) is 8.84. The first-order valence-corrected chi connectivity index (χ1v) is 11.5. The van der Waals surface area contributed by atoms with Crippen molar-refractivity contribution in [3.8, 4) is 0 Å². The smallest absolute Gasteiger partial charge is 0.243 e. The van der Waals surface area contributed by atoms with Crippen molar-refractivity contribution >= 4 is 21.1 Å². The van der Waals surface area contributed by atoms with E-state index < -0.39 is 10.0 Å². The van der Waals surface area contributed by atoms with Gasteiger partial charge in [0.15, 0.2) is 5.65 Å². The Hall–Kier alpha value is -2.25. The molecule has 0 unspecified atom stereocenters. The first-order chi connectivity index (χ1) is 13.7. The maximum absolute atomic E-state index is 13.1. The standard InChI is InChI=1S/C22H28N4O2S/c1-22(2,3)17-7-9-18(10-8-17)29(27,28)26-14-11-16(12-15-26)20-19-6-5-13-23-21(19)25(4)24-20/h5-10,13,16H,11-12,14-15H2,1-4H3. The predicted octanol–water partition coefficient (Wildman–Crippen LogP) is 3.83. The van der Waals surface area contributed by atoms with Crippen LogP contribution in [0.2, 0.25) is 0 Å². The van der Waals surface area contributed by atoms with E-state index in [9.17, 15) is 8.42 Å². The minimum atomic E-state index is -3.47. The highest BCUT2D eigenvalue weighted by Crippen LogP contribution is 2.33. The zero-order valence-corrected chi connectivity index (χ0v) is 18.3. The molecule has 0 bridgehead atoms. The van der Waals surface area contributed by atoms with Crippen LogP contribution in [0.3, 0.4) is 0 Å². The summed E-state index contributed by atoms with van der Waals surface area (Å²) >= 11 is 0. The Bertz CT molecular complexity index is 1120. The number of sulfonamides is 1. The zero-order chi connectivity index (χ0) is 20.8. The summed E-state index contributed by atoms with van der Waals surface area (Å²) in [6.45, 7) is 7.38. The lowest BCUT2D eigenvalue weighted by atomic mass is 9.87. The highest BCUT2D eigenvalue weighted by atomic mass is 32.2. The Morgan fingerprint density at radius 1 is 1.03 bits per heavy atom. The summed E-state index contributed by atoms with van der Waals surface area (Å²) in [6.07, 6.45) is 3.30. The minimum Gasteiger partial charge on any atom is -0.250 e. The summed E-state index contributed by atoms with van der Waals surface area (Å²) in [4.78, 5) is 4.78. The van der Waals surface area contributed by atoms with E-state index in [-0.39, 0.29) is 11.3 Å². The molecule has 29 heavy (non-hydrogen) atoms. The summed E-state index contributed by atoms with van der Waals surface area (Å²) in [5, 5.41) is 5.74. The van der Waals surface area contributed by atoms with Crippen molar-refractivity contribution in [2.75, 3.05) is 13.1 Å². The Morgan fingerprint density at radius 3 is 2.31 bits per heavy atom. The van der Waals surface area contributed by atoms with Crippen LogP contribution in [-0.4, -0.2) is 40.6 Å². The van der Waals surface area contributed by atoms with Crippen molar-refractivity contribution in [3.63, 3.8) is 0 Å². The molecule has 6 nitrogen and oxygen atoms in total. The largest absolute Gasteiger partial charge is 0.250 e. The lowest BCUT2D eigenvalue weighted by Crippen LogP contribution is -2.38. The molecule has 0 amide bonds. The van der Waals surface area contributed by atoms with E-state index in [1.54, 1.807) is 22.6 Å². The molecule has 7 heteroatoms. The zero-order valence-electron chi connectivity index (χ0n) is 17.5. The highest BCUT2D eigenvalue weighted by molar-refractivity contribution is 7.89. The molecule has 0 N–H and O–H groups in total. The Morgan fingerprint density at radius 2 is 1.69 bits per heavy atom. The number of hydrogen-bond acceptors (Lipinski definition) is 4. The fourth-order valence-electron chi connectivity index (χ4n) is 4.06. The third kappa shape index (κ3) is 3.69. The molecular weight excluding hydrogens is 384 g/mol. The molecule has 1 saturated heterocycles. The van der Waals surface area contributed by atoms with Crippen LogP contribution in [0.5, 0.6) is 0 Å². The maximum Gasteiger partial charge on any atom is 0.243 e. The van der Waals surface area contributed by atoms with E-state index >= 15 is 0 Å². The van der Waals surface area contributed by atoms with Gasteiger partial charge in [0.2, 0.25) is 10.0 Å². The lowest BCUT2D eigenvalue weighted by Gasteiger charge is -2.30. The Labute approximate surface area is 172 Å². The molecular formula is C22H28N4O2S. The van der Waals surface area contributed by atoms with E-state index in [0.717, 1.165) is 35.1 Å². The molecule has 2 aromatic heterocycles. The fraction of sp³-hybridized carbons (Fsp3) is 0.455. The Kier molecular flexibility index (Phi) is 4.99. The van der Waals surface area contributed by atoms with Gasteiger partial charge in [0.25, 0.3) is 0 Å². The van der Waals surface area contributed by atoms with Crippen molar-refractivity contribution in [3.05, 3.63) is 53.9 Å². The lowest BCUT2D eigenvalue weighted by molar-refractivity contribution is 0.316. The van der Waals surface area contributed by atoms with Gasteiger partial charge in [-0.2, -0.15) is 9.40 Å². The summed E-state index contributed by atoms with van der Waals surface area (Å²) < 4.78 is 29.6. The van der Waals surface area contributed by atoms with Gasteiger partial charge in [-0.15, -0.1) is 0 Å². The average molecular weight is 413 g/mol. The molecule has 0 aliphatic carbocycles. The molecule has 1 fully saturated rings. The first-order valence-electron chi connectivity index (χ1n) is 10.1. The molecule has 1 aliphatic rings. The summed E-state index contributed by atoms with van der Waals surface area (Å²) in [5.41, 5.74) is 3.03. The van der Waals surface area contributed by atoms with Crippen molar-refractivity contribution in [2.45, 2.75) is 49.8 Å². The number of benzene rings is 1. The molecule has 0 spiro atoms. The van der Waals surface area contributed by atoms with Gasteiger partial charge in [-0.1, -0.05) is 32.9 Å². The van der Waals surface area contributed by atoms with Crippen molar-refractivity contribution in [1.82, 2.24) is 19.1 Å². The average Bonchev–Trinajstić information content (AvgIpc) is 3.04. The third-order valence-corrected chi connectivity index (χ3v) is 7.74. The third-order valence-electron chi connectivity index (χ3n) is 5.83. The van der Waals surface area contributed by atoms with Gasteiger partial charge in [-0.05, 0) is 48.1 Å². The van der Waals surface area contributed by atoms with Crippen molar-refractivity contribution in [1.29, 1.82) is 0 Å². The van der Waals surface area contributed by atoms with E-state index in [0.29, 0.717) is 18.0 Å². The SMILES string of the molecule is Cn1nc(C2CCN(S(=O)(=O)c3ccc(C(C)(C)C)cc3)CC2)c2cccnc21. The number of hydrogen-bond donors (Lipinski definition) is 0. The van der Waals surface area contributed by atoms with Crippen LogP contribution in [0.1, 0.15) is 50.8 Å². The molecule has 1 aromatic carbocycles. The van der Waals surface area contributed by atoms with Gasteiger partial charge in [-0.25, -0.2) is 13.4 Å². The van der Waals surface area contributed by atoms with Gasteiger partial charge in [-0.3, -0.25) is 4.68 Å². The monoisotopic (exact) mass is 412 g/mol. The number of aryl methyl sites for hydroxylation is 1. The van der Waals surface area contributed by atoms with Crippen LogP contribution in [0.15, 0.2) is 47.5 Å². The van der Waals surface area contributed by atoms with Gasteiger partial charge in [0, 0.05) is 37.6 Å². The molecule has 3 heterocycles. The highest BCUT2D eigenvalue weighted by Gasteiger charge is 2.32. The van der Waals surface area contributed by atoms with E-state index in [1.807, 2.05) is 36.0 Å². The molecule has 154 valence electrons. The number of aromatic nitrogens is 3. The normalized spacial score (nSPS) is 17.1. The topological polar surface area (TPSA) is 68.1 Å². The number of nitrogens with zero attached hydrogens (tertiary/aromatic N) is 4. The minimum absolute atomic E-state index is 0.000945. The molecule has 4 rings (SSSR count). The van der Waals surface area contributed by atoms with Crippen LogP contribution < -0.4 is 0 Å². The summed E-state index contributed by atoms with van der Waals surface area (Å²) in [7, 11) is -1.57. The number of pyridine rings is 1. The first kappa shape index (κ1) is 20.0. The van der Waals surface area contributed by atoms with Gasteiger partial charge in [0.1, 0.15) is 0 Å². The number of piperidine rings is 1. The second kappa shape index (κ2) is 7.22. The molecule has 0 radical (unpaired) electrons. The number of rotatable bonds is 3. The summed E-state index contributed by atoms with van der Waals surface area (Å²) in [6, 6.07) is 11.3. The predicted molar refractivity (Wildman–Crippen MR) is 114 cm³/mol. The van der Waals surface area contributed by atoms with Crippen LogP contribution in [-0.2, 0) is 22.5 Å². The molecule has 0 atom stereocenters. The van der Waals surface area contributed by atoms with Crippen molar-refractivity contribution < 1.29 is 8.42 Å². The maximum atomic E-state index is 13.1. The van der Waals surface area contributed by atoms with E-state index in [2.05, 4.69) is 30.9 Å². The van der Waals surface area contributed by atoms with E-state index in [1.165, 1.54) is 0 Å². The van der Waals surface area contributed by atoms with Gasteiger partial charge in [0.05, 0.1) is 10.6 Å². The molecule has 0 saturated carbocycles. The van der Waals surface area contributed by atoms with Crippen LogP contribution in [0.4, 0.5) is 0 Å². The quantitative estimate of drug-likeness (QED) is 0.656. The van der Waals surface area contributed by atoms with Gasteiger partial charge >= 0.3 is 0 Å². The molecule has 3 aromatic rings. The number of fused-ring (bicyclic) bond motifs is 1. The molecule has 1 aliphatic heterocycles.